The predicted molar refractivity (Wildman–Crippen MR) is 104 cm³/mol. The van der Waals surface area contributed by atoms with Crippen LogP contribution < -0.4 is 10.6 Å². The third kappa shape index (κ3) is 4.68. The van der Waals surface area contributed by atoms with Crippen LogP contribution in [0.4, 0.5) is 10.5 Å². The maximum absolute atomic E-state index is 12.2. The summed E-state index contributed by atoms with van der Waals surface area (Å²) >= 11 is 1.43. The Labute approximate surface area is 161 Å². The number of anilines is 1. The molecule has 1 heterocycles. The molecule has 0 radical (unpaired) electrons. The monoisotopic (exact) mass is 384 g/mol. The standard InChI is InChI=1S/C20H20N2O4S/c1-12-6-5-8-15(13(12)2)21-20(25)22-18(23)11-26-19(24)17-10-14-7-3-4-9-16(14)27-17/h3-9,17H,10-11H2,1-2H3,(H2,21,22,23,25). The lowest BCUT2D eigenvalue weighted by Crippen LogP contribution is -2.38. The first-order chi connectivity index (χ1) is 12.9. The maximum Gasteiger partial charge on any atom is 0.325 e. The van der Waals surface area contributed by atoms with Crippen LogP contribution in [0.2, 0.25) is 0 Å². The summed E-state index contributed by atoms with van der Waals surface area (Å²) in [5.41, 5.74) is 3.67. The van der Waals surface area contributed by atoms with E-state index >= 15 is 0 Å². The van der Waals surface area contributed by atoms with Gasteiger partial charge in [0, 0.05) is 10.6 Å². The number of esters is 1. The number of fused-ring (bicyclic) bond motifs is 1. The number of urea groups is 1. The van der Waals surface area contributed by atoms with Gasteiger partial charge in [-0.1, -0.05) is 30.3 Å². The number of carbonyl (C=O) groups excluding carboxylic acids is 3. The third-order valence-electron chi connectivity index (χ3n) is 4.36. The topological polar surface area (TPSA) is 84.5 Å². The summed E-state index contributed by atoms with van der Waals surface area (Å²) in [6, 6.07) is 12.6. The number of carbonyl (C=O) groups is 3. The van der Waals surface area contributed by atoms with Gasteiger partial charge in [-0.15, -0.1) is 11.8 Å². The van der Waals surface area contributed by atoms with Crippen LogP contribution in [-0.4, -0.2) is 29.8 Å². The van der Waals surface area contributed by atoms with Crippen molar-refractivity contribution >= 4 is 35.4 Å². The molecule has 0 fully saturated rings. The zero-order valence-electron chi connectivity index (χ0n) is 15.1. The van der Waals surface area contributed by atoms with Crippen LogP contribution in [-0.2, 0) is 20.7 Å². The lowest BCUT2D eigenvalue weighted by Gasteiger charge is -2.12. The van der Waals surface area contributed by atoms with Crippen molar-refractivity contribution in [3.05, 3.63) is 59.2 Å². The first-order valence-corrected chi connectivity index (χ1v) is 9.40. The molecule has 0 aliphatic carbocycles. The Bertz CT molecular complexity index is 872. The fourth-order valence-corrected chi connectivity index (χ4v) is 3.94. The van der Waals surface area contributed by atoms with E-state index in [0.29, 0.717) is 12.1 Å². The molecule has 0 aromatic heterocycles. The van der Waals surface area contributed by atoms with E-state index in [1.54, 1.807) is 6.07 Å². The van der Waals surface area contributed by atoms with Gasteiger partial charge >= 0.3 is 12.0 Å². The van der Waals surface area contributed by atoms with E-state index in [-0.39, 0.29) is 5.25 Å². The fraction of sp³-hybridized carbons (Fsp3) is 0.250. The fourth-order valence-electron chi connectivity index (χ4n) is 2.75. The molecular weight excluding hydrogens is 364 g/mol. The molecule has 27 heavy (non-hydrogen) atoms. The lowest BCUT2D eigenvalue weighted by atomic mass is 10.1. The molecule has 1 unspecified atom stereocenters. The molecule has 7 heteroatoms. The average molecular weight is 384 g/mol. The van der Waals surface area contributed by atoms with Crippen molar-refractivity contribution in [2.45, 2.75) is 30.4 Å². The number of aryl methyl sites for hydroxylation is 1. The van der Waals surface area contributed by atoms with E-state index in [2.05, 4.69) is 10.6 Å². The van der Waals surface area contributed by atoms with Gasteiger partial charge < -0.3 is 10.1 Å². The van der Waals surface area contributed by atoms with Crippen LogP contribution in [0.25, 0.3) is 0 Å². The van der Waals surface area contributed by atoms with Crippen LogP contribution in [0.3, 0.4) is 0 Å². The molecule has 2 N–H and O–H groups in total. The van der Waals surface area contributed by atoms with Crippen molar-refractivity contribution in [2.24, 2.45) is 0 Å². The number of benzene rings is 2. The summed E-state index contributed by atoms with van der Waals surface area (Å²) in [4.78, 5) is 37.0. The van der Waals surface area contributed by atoms with Gasteiger partial charge in [0.05, 0.1) is 0 Å². The van der Waals surface area contributed by atoms with E-state index in [1.807, 2.05) is 50.2 Å². The summed E-state index contributed by atoms with van der Waals surface area (Å²) in [6.45, 7) is 3.32. The first-order valence-electron chi connectivity index (χ1n) is 8.52. The summed E-state index contributed by atoms with van der Waals surface area (Å²) in [6.07, 6.45) is 0.578. The van der Waals surface area contributed by atoms with Gasteiger partial charge in [-0.3, -0.25) is 14.9 Å². The molecule has 1 atom stereocenters. The van der Waals surface area contributed by atoms with Crippen LogP contribution in [0, 0.1) is 13.8 Å². The minimum absolute atomic E-state index is 0.362. The molecule has 3 rings (SSSR count). The van der Waals surface area contributed by atoms with Gasteiger partial charge in [-0.2, -0.15) is 0 Å². The molecule has 1 aliphatic heterocycles. The molecule has 3 amide bonds. The number of hydrogen-bond acceptors (Lipinski definition) is 5. The minimum atomic E-state index is -0.674. The summed E-state index contributed by atoms with van der Waals surface area (Å²) in [7, 11) is 0. The lowest BCUT2D eigenvalue weighted by molar-refractivity contribution is -0.147. The second-order valence-corrected chi connectivity index (χ2v) is 7.52. The van der Waals surface area contributed by atoms with Gasteiger partial charge in [0.1, 0.15) is 5.25 Å². The Morgan fingerprint density at radius 3 is 2.67 bits per heavy atom. The zero-order chi connectivity index (χ0) is 19.4. The highest BCUT2D eigenvalue weighted by Crippen LogP contribution is 2.37. The predicted octanol–water partition coefficient (Wildman–Crippen LogP) is 3.21. The summed E-state index contributed by atoms with van der Waals surface area (Å²) < 4.78 is 5.06. The van der Waals surface area contributed by atoms with Crippen molar-refractivity contribution in [1.82, 2.24) is 5.32 Å². The zero-order valence-corrected chi connectivity index (χ0v) is 15.9. The second kappa shape index (κ2) is 8.26. The highest BCUT2D eigenvalue weighted by molar-refractivity contribution is 8.01. The van der Waals surface area contributed by atoms with E-state index in [1.165, 1.54) is 11.8 Å². The second-order valence-electron chi connectivity index (χ2n) is 6.28. The number of thioether (sulfide) groups is 1. The van der Waals surface area contributed by atoms with E-state index in [0.717, 1.165) is 21.6 Å². The van der Waals surface area contributed by atoms with Crippen molar-refractivity contribution in [1.29, 1.82) is 0 Å². The Morgan fingerprint density at radius 2 is 1.89 bits per heavy atom. The normalized spacial score (nSPS) is 15.0. The van der Waals surface area contributed by atoms with Crippen molar-refractivity contribution in [3.8, 4) is 0 Å². The Kier molecular flexibility index (Phi) is 5.81. The van der Waals surface area contributed by atoms with Gasteiger partial charge in [0.15, 0.2) is 6.61 Å². The van der Waals surface area contributed by atoms with Crippen LogP contribution >= 0.6 is 11.8 Å². The largest absolute Gasteiger partial charge is 0.455 e. The molecule has 2 aromatic rings. The van der Waals surface area contributed by atoms with E-state index in [4.69, 9.17) is 4.74 Å². The Hall–Kier alpha value is -2.80. The minimum Gasteiger partial charge on any atom is -0.455 e. The SMILES string of the molecule is Cc1cccc(NC(=O)NC(=O)COC(=O)C2Cc3ccccc3S2)c1C. The molecule has 1 aliphatic rings. The quantitative estimate of drug-likeness (QED) is 0.791. The first kappa shape index (κ1) is 19.0. The number of imide groups is 1. The van der Waals surface area contributed by atoms with Gasteiger partial charge in [-0.25, -0.2) is 4.79 Å². The molecule has 0 saturated carbocycles. The smallest absolute Gasteiger partial charge is 0.325 e. The molecular formula is C20H20N2O4S. The van der Waals surface area contributed by atoms with Gasteiger partial charge in [0.25, 0.3) is 5.91 Å². The Balaban J connectivity index is 1.45. The third-order valence-corrected chi connectivity index (χ3v) is 5.66. The maximum atomic E-state index is 12.2. The molecule has 2 aromatic carbocycles. The highest BCUT2D eigenvalue weighted by atomic mass is 32.2. The highest BCUT2D eigenvalue weighted by Gasteiger charge is 2.29. The Morgan fingerprint density at radius 1 is 1.11 bits per heavy atom. The molecule has 6 nitrogen and oxygen atoms in total. The van der Waals surface area contributed by atoms with Crippen LogP contribution in [0.1, 0.15) is 16.7 Å². The number of amides is 3. The molecule has 0 bridgehead atoms. The van der Waals surface area contributed by atoms with Gasteiger partial charge in [-0.05, 0) is 49.1 Å². The van der Waals surface area contributed by atoms with Crippen molar-refractivity contribution in [3.63, 3.8) is 0 Å². The van der Waals surface area contributed by atoms with E-state index in [9.17, 15) is 14.4 Å². The number of hydrogen-bond donors (Lipinski definition) is 2. The van der Waals surface area contributed by atoms with Crippen LogP contribution in [0.5, 0.6) is 0 Å². The molecule has 0 saturated heterocycles. The molecule has 140 valence electrons. The summed E-state index contributed by atoms with van der Waals surface area (Å²) in [5, 5.41) is 4.42. The van der Waals surface area contributed by atoms with Crippen LogP contribution in [0.15, 0.2) is 47.4 Å². The van der Waals surface area contributed by atoms with Crippen molar-refractivity contribution < 1.29 is 19.1 Å². The summed E-state index contributed by atoms with van der Waals surface area (Å²) in [5.74, 6) is -1.13. The number of ether oxygens (including phenoxy) is 1. The molecule has 0 spiro atoms. The van der Waals surface area contributed by atoms with Gasteiger partial charge in [0.2, 0.25) is 0 Å². The number of rotatable bonds is 4. The van der Waals surface area contributed by atoms with Crippen molar-refractivity contribution in [2.75, 3.05) is 11.9 Å². The van der Waals surface area contributed by atoms with E-state index < -0.39 is 24.5 Å². The number of nitrogens with one attached hydrogen (secondary N) is 2. The average Bonchev–Trinajstić information content (AvgIpc) is 3.08.